The van der Waals surface area contributed by atoms with Gasteiger partial charge in [0, 0.05) is 34.5 Å². The number of non-ortho nitro benzene ring substituents is 1. The van der Waals surface area contributed by atoms with Crippen LogP contribution in [-0.2, 0) is 0 Å². The summed E-state index contributed by atoms with van der Waals surface area (Å²) in [4.78, 5) is 15.6. The Bertz CT molecular complexity index is 1350. The number of hydrazone groups is 1. The molecular formula is C25H19ClN4O2S. The molecule has 8 heteroatoms. The van der Waals surface area contributed by atoms with Crippen LogP contribution in [0.15, 0.2) is 83.3 Å². The minimum Gasteiger partial charge on any atom is -0.258 e. The lowest BCUT2D eigenvalue weighted by Crippen LogP contribution is -2.18. The Morgan fingerprint density at radius 2 is 1.82 bits per heavy atom. The van der Waals surface area contributed by atoms with Gasteiger partial charge in [-0.1, -0.05) is 65.7 Å². The Morgan fingerprint density at radius 1 is 1.06 bits per heavy atom. The predicted molar refractivity (Wildman–Crippen MR) is 133 cm³/mol. The molecule has 0 aliphatic carbocycles. The van der Waals surface area contributed by atoms with E-state index in [9.17, 15) is 10.1 Å². The molecule has 2 heterocycles. The van der Waals surface area contributed by atoms with Gasteiger partial charge < -0.3 is 0 Å². The van der Waals surface area contributed by atoms with Crippen LogP contribution in [0.3, 0.4) is 0 Å². The van der Waals surface area contributed by atoms with Crippen LogP contribution in [0, 0.1) is 17.0 Å². The third kappa shape index (κ3) is 4.37. The average molecular weight is 475 g/mol. The SMILES string of the molecule is Cc1ccc(C2=NN(c3nc(-c4cccc([N+](=O)[O-])c4)cs3)C(c3ccc(Cl)cc3)C2)cc1. The van der Waals surface area contributed by atoms with E-state index in [0.717, 1.165) is 28.4 Å². The fraction of sp³-hybridized carbons (Fsp3) is 0.120. The van der Waals surface area contributed by atoms with Crippen molar-refractivity contribution in [3.05, 3.63) is 110 Å². The molecule has 0 radical (unpaired) electrons. The lowest BCUT2D eigenvalue weighted by Gasteiger charge is -2.21. The number of aromatic nitrogens is 1. The third-order valence-electron chi connectivity index (χ3n) is 5.59. The molecule has 1 aliphatic heterocycles. The maximum atomic E-state index is 11.2. The second-order valence-corrected chi connectivity index (χ2v) is 9.12. The molecule has 1 unspecified atom stereocenters. The molecule has 3 aromatic carbocycles. The maximum Gasteiger partial charge on any atom is 0.270 e. The molecule has 0 N–H and O–H groups in total. The Balaban J connectivity index is 1.53. The summed E-state index contributed by atoms with van der Waals surface area (Å²) in [5, 5.41) is 21.4. The summed E-state index contributed by atoms with van der Waals surface area (Å²) in [5.41, 5.74) is 5.80. The van der Waals surface area contributed by atoms with Crippen molar-refractivity contribution in [2.24, 2.45) is 5.10 Å². The van der Waals surface area contributed by atoms with Gasteiger partial charge in [0.1, 0.15) is 0 Å². The van der Waals surface area contributed by atoms with Crippen molar-refractivity contribution >= 4 is 39.5 Å². The van der Waals surface area contributed by atoms with E-state index in [1.807, 2.05) is 40.7 Å². The Morgan fingerprint density at radius 3 is 2.55 bits per heavy atom. The molecule has 0 spiro atoms. The molecule has 4 aromatic rings. The first kappa shape index (κ1) is 21.3. The first-order valence-corrected chi connectivity index (χ1v) is 11.6. The zero-order chi connectivity index (χ0) is 22.9. The fourth-order valence-electron chi connectivity index (χ4n) is 3.83. The van der Waals surface area contributed by atoms with E-state index in [1.54, 1.807) is 12.1 Å². The lowest BCUT2D eigenvalue weighted by atomic mass is 9.98. The van der Waals surface area contributed by atoms with Crippen LogP contribution in [0.25, 0.3) is 11.3 Å². The van der Waals surface area contributed by atoms with Crippen molar-refractivity contribution in [1.29, 1.82) is 0 Å². The van der Waals surface area contributed by atoms with Gasteiger partial charge in [-0.3, -0.25) is 10.1 Å². The van der Waals surface area contributed by atoms with Gasteiger partial charge in [0.15, 0.2) is 0 Å². The molecule has 1 atom stereocenters. The van der Waals surface area contributed by atoms with E-state index in [2.05, 4.69) is 31.2 Å². The van der Waals surface area contributed by atoms with E-state index in [4.69, 9.17) is 21.7 Å². The monoisotopic (exact) mass is 474 g/mol. The van der Waals surface area contributed by atoms with E-state index in [-0.39, 0.29) is 11.7 Å². The van der Waals surface area contributed by atoms with Crippen LogP contribution in [0.1, 0.15) is 29.2 Å². The zero-order valence-electron chi connectivity index (χ0n) is 17.7. The Hall–Kier alpha value is -3.55. The van der Waals surface area contributed by atoms with Crippen LogP contribution in [-0.4, -0.2) is 15.6 Å². The van der Waals surface area contributed by atoms with E-state index in [0.29, 0.717) is 16.3 Å². The summed E-state index contributed by atoms with van der Waals surface area (Å²) < 4.78 is 0. The number of rotatable bonds is 5. The molecule has 0 amide bonds. The number of nitro groups is 1. The highest BCUT2D eigenvalue weighted by Crippen LogP contribution is 2.40. The summed E-state index contributed by atoms with van der Waals surface area (Å²) in [5.74, 6) is 0. The van der Waals surface area contributed by atoms with Crippen LogP contribution in [0.5, 0.6) is 0 Å². The zero-order valence-corrected chi connectivity index (χ0v) is 19.3. The number of hydrogen-bond acceptors (Lipinski definition) is 6. The number of hydrogen-bond donors (Lipinski definition) is 0. The third-order valence-corrected chi connectivity index (χ3v) is 6.67. The number of nitro benzene ring substituents is 1. The standard InChI is InChI=1S/C25H19ClN4O2S/c1-16-5-7-17(8-6-16)22-14-24(18-9-11-20(26)12-10-18)29(28-22)25-27-23(15-33-25)19-3-2-4-21(13-19)30(31)32/h2-13,15,24H,14H2,1H3. The number of nitrogens with zero attached hydrogens (tertiary/aromatic N) is 4. The summed E-state index contributed by atoms with van der Waals surface area (Å²) in [6.07, 6.45) is 0.733. The van der Waals surface area contributed by atoms with Gasteiger partial charge in [-0.2, -0.15) is 5.10 Å². The summed E-state index contributed by atoms with van der Waals surface area (Å²) >= 11 is 7.59. The second kappa shape index (κ2) is 8.77. The Kier molecular flexibility index (Phi) is 5.66. The minimum absolute atomic E-state index is 0.0253. The number of aryl methyl sites for hydroxylation is 1. The second-order valence-electron chi connectivity index (χ2n) is 7.85. The molecule has 0 fully saturated rings. The van der Waals surface area contributed by atoms with Crippen LogP contribution >= 0.6 is 22.9 Å². The summed E-state index contributed by atoms with van der Waals surface area (Å²) in [7, 11) is 0. The quantitative estimate of drug-likeness (QED) is 0.230. The van der Waals surface area contributed by atoms with Crippen LogP contribution < -0.4 is 5.01 Å². The number of thiazole rings is 1. The maximum absolute atomic E-state index is 11.2. The van der Waals surface area contributed by atoms with Crippen molar-refractivity contribution < 1.29 is 4.92 Å². The summed E-state index contributed by atoms with van der Waals surface area (Å²) in [6, 6.07) is 22.6. The minimum atomic E-state index is -0.397. The topological polar surface area (TPSA) is 71.6 Å². The van der Waals surface area contributed by atoms with Crippen molar-refractivity contribution in [3.8, 4) is 11.3 Å². The number of anilines is 1. The highest BCUT2D eigenvalue weighted by Gasteiger charge is 2.31. The molecule has 164 valence electrons. The van der Waals surface area contributed by atoms with Gasteiger partial charge in [0.2, 0.25) is 5.13 Å². The van der Waals surface area contributed by atoms with Crippen LogP contribution in [0.2, 0.25) is 5.02 Å². The molecular weight excluding hydrogens is 456 g/mol. The first-order chi connectivity index (χ1) is 16.0. The number of halogens is 1. The summed E-state index contributed by atoms with van der Waals surface area (Å²) in [6.45, 7) is 2.06. The van der Waals surface area contributed by atoms with Gasteiger partial charge in [-0.05, 0) is 30.2 Å². The Labute approximate surface area is 199 Å². The van der Waals surface area contributed by atoms with Crippen molar-refractivity contribution in [2.75, 3.05) is 5.01 Å². The van der Waals surface area contributed by atoms with Gasteiger partial charge in [0.05, 0.1) is 22.4 Å². The van der Waals surface area contributed by atoms with Crippen molar-refractivity contribution in [2.45, 2.75) is 19.4 Å². The highest BCUT2D eigenvalue weighted by atomic mass is 35.5. The molecule has 0 saturated carbocycles. The molecule has 1 aliphatic rings. The van der Waals surface area contributed by atoms with Crippen LogP contribution in [0.4, 0.5) is 10.8 Å². The molecule has 0 saturated heterocycles. The van der Waals surface area contributed by atoms with Gasteiger partial charge in [-0.15, -0.1) is 11.3 Å². The largest absolute Gasteiger partial charge is 0.270 e. The van der Waals surface area contributed by atoms with Gasteiger partial charge in [0.25, 0.3) is 5.69 Å². The molecule has 6 nitrogen and oxygen atoms in total. The van der Waals surface area contributed by atoms with Crippen molar-refractivity contribution in [3.63, 3.8) is 0 Å². The van der Waals surface area contributed by atoms with E-state index < -0.39 is 4.92 Å². The molecule has 5 rings (SSSR count). The molecule has 0 bridgehead atoms. The predicted octanol–water partition coefficient (Wildman–Crippen LogP) is 7.04. The molecule has 1 aromatic heterocycles. The molecule has 33 heavy (non-hydrogen) atoms. The van der Waals surface area contributed by atoms with E-state index in [1.165, 1.54) is 23.0 Å². The van der Waals surface area contributed by atoms with Gasteiger partial charge >= 0.3 is 0 Å². The normalized spacial score (nSPS) is 15.5. The lowest BCUT2D eigenvalue weighted by molar-refractivity contribution is -0.384. The van der Waals surface area contributed by atoms with E-state index >= 15 is 0 Å². The van der Waals surface area contributed by atoms with Crippen molar-refractivity contribution in [1.82, 2.24) is 4.98 Å². The smallest absolute Gasteiger partial charge is 0.258 e. The highest BCUT2D eigenvalue weighted by molar-refractivity contribution is 7.14. The first-order valence-electron chi connectivity index (χ1n) is 10.4. The van der Waals surface area contributed by atoms with Gasteiger partial charge in [-0.25, -0.2) is 9.99 Å². The fourth-order valence-corrected chi connectivity index (χ4v) is 4.79. The average Bonchev–Trinajstić information content (AvgIpc) is 3.48. The number of benzene rings is 3.